The molecule has 2 amide bonds. The Kier molecular flexibility index (Phi) is 1.95. The highest BCUT2D eigenvalue weighted by Crippen LogP contribution is 2.47. The Morgan fingerprint density at radius 1 is 0.944 bits per heavy atom. The van der Waals surface area contributed by atoms with Crippen molar-refractivity contribution >= 4 is 17.5 Å². The van der Waals surface area contributed by atoms with Gasteiger partial charge in [-0.2, -0.15) is 0 Å². The summed E-state index contributed by atoms with van der Waals surface area (Å²) in [7, 11) is 0. The lowest BCUT2D eigenvalue weighted by Gasteiger charge is -2.16. The highest BCUT2D eigenvalue weighted by atomic mass is 16.6. The standard InChI is InChI=1S/C14H13NO3/c16-13-9-6-11-12(18-11)7-10(9)14(17)15(13)8-4-2-1-3-5-8/h1-5,9-12H,6-7H2. The summed E-state index contributed by atoms with van der Waals surface area (Å²) in [6.07, 6.45) is 1.87. The van der Waals surface area contributed by atoms with E-state index in [4.69, 9.17) is 4.74 Å². The Morgan fingerprint density at radius 2 is 1.50 bits per heavy atom. The summed E-state index contributed by atoms with van der Waals surface area (Å²) in [5.41, 5.74) is 0.691. The molecule has 2 heterocycles. The van der Waals surface area contributed by atoms with Crippen LogP contribution in [0.2, 0.25) is 0 Å². The minimum Gasteiger partial charge on any atom is -0.370 e. The molecule has 92 valence electrons. The molecule has 0 bridgehead atoms. The summed E-state index contributed by atoms with van der Waals surface area (Å²) in [5, 5.41) is 0. The lowest BCUT2D eigenvalue weighted by molar-refractivity contribution is -0.122. The highest BCUT2D eigenvalue weighted by Gasteiger charge is 2.58. The van der Waals surface area contributed by atoms with Crippen molar-refractivity contribution in [2.75, 3.05) is 4.90 Å². The van der Waals surface area contributed by atoms with Gasteiger partial charge in [-0.05, 0) is 25.0 Å². The van der Waals surface area contributed by atoms with Gasteiger partial charge in [0.1, 0.15) is 0 Å². The van der Waals surface area contributed by atoms with Crippen LogP contribution in [0.3, 0.4) is 0 Å². The molecule has 2 aliphatic heterocycles. The normalized spacial score (nSPS) is 37.4. The number of rotatable bonds is 1. The van der Waals surface area contributed by atoms with Gasteiger partial charge >= 0.3 is 0 Å². The van der Waals surface area contributed by atoms with E-state index in [2.05, 4.69) is 0 Å². The first-order valence-corrected chi connectivity index (χ1v) is 6.34. The predicted octanol–water partition coefficient (Wildman–Crippen LogP) is 1.35. The fourth-order valence-electron chi connectivity index (χ4n) is 3.24. The van der Waals surface area contributed by atoms with Crippen LogP contribution in [0.4, 0.5) is 5.69 Å². The van der Waals surface area contributed by atoms with Crippen LogP contribution in [0.1, 0.15) is 12.8 Å². The number of nitrogens with zero attached hydrogens (tertiary/aromatic N) is 1. The molecule has 4 rings (SSSR count). The number of carbonyl (C=O) groups excluding carboxylic acids is 2. The van der Waals surface area contributed by atoms with Crippen molar-refractivity contribution in [1.82, 2.24) is 0 Å². The topological polar surface area (TPSA) is 49.9 Å². The number of benzene rings is 1. The Morgan fingerprint density at radius 3 is 2.06 bits per heavy atom. The van der Waals surface area contributed by atoms with E-state index in [0.29, 0.717) is 18.5 Å². The second-order valence-corrected chi connectivity index (χ2v) is 5.24. The van der Waals surface area contributed by atoms with Crippen LogP contribution in [0.15, 0.2) is 30.3 Å². The minimum absolute atomic E-state index is 0.0508. The van der Waals surface area contributed by atoms with Crippen LogP contribution in [0.5, 0.6) is 0 Å². The second-order valence-electron chi connectivity index (χ2n) is 5.24. The summed E-state index contributed by atoms with van der Waals surface area (Å²) in [5.74, 6) is -0.432. The van der Waals surface area contributed by atoms with Gasteiger partial charge in [0.05, 0.1) is 29.7 Å². The fraction of sp³-hybridized carbons (Fsp3) is 0.429. The number of para-hydroxylation sites is 1. The van der Waals surface area contributed by atoms with E-state index in [-0.39, 0.29) is 35.9 Å². The van der Waals surface area contributed by atoms with E-state index >= 15 is 0 Å². The van der Waals surface area contributed by atoms with Crippen molar-refractivity contribution in [3.63, 3.8) is 0 Å². The number of ether oxygens (including phenoxy) is 1. The summed E-state index contributed by atoms with van der Waals surface area (Å²) >= 11 is 0. The lowest BCUT2D eigenvalue weighted by atomic mass is 9.81. The molecule has 4 atom stereocenters. The third-order valence-electron chi connectivity index (χ3n) is 4.24. The van der Waals surface area contributed by atoms with Crippen LogP contribution < -0.4 is 4.90 Å². The molecule has 4 unspecified atom stereocenters. The maximum absolute atomic E-state index is 12.4. The average molecular weight is 243 g/mol. The Balaban J connectivity index is 1.70. The Labute approximate surface area is 105 Å². The summed E-state index contributed by atoms with van der Waals surface area (Å²) in [4.78, 5) is 26.1. The van der Waals surface area contributed by atoms with Crippen LogP contribution >= 0.6 is 0 Å². The van der Waals surface area contributed by atoms with Crippen LogP contribution in [-0.2, 0) is 14.3 Å². The van der Waals surface area contributed by atoms with Crippen LogP contribution in [-0.4, -0.2) is 24.0 Å². The largest absolute Gasteiger partial charge is 0.370 e. The SMILES string of the molecule is O=C1C2CC3OC3CC2C(=O)N1c1ccccc1. The molecule has 4 heteroatoms. The average Bonchev–Trinajstić information content (AvgIpc) is 3.11. The molecule has 0 spiro atoms. The maximum atomic E-state index is 12.4. The lowest BCUT2D eigenvalue weighted by Crippen LogP contribution is -2.30. The van der Waals surface area contributed by atoms with Gasteiger partial charge in [-0.1, -0.05) is 18.2 Å². The number of carbonyl (C=O) groups is 2. The van der Waals surface area contributed by atoms with E-state index < -0.39 is 0 Å². The summed E-state index contributed by atoms with van der Waals surface area (Å²) in [6, 6.07) is 9.19. The number of imide groups is 1. The molecular weight excluding hydrogens is 230 g/mol. The number of amides is 2. The third kappa shape index (κ3) is 1.29. The van der Waals surface area contributed by atoms with Gasteiger partial charge < -0.3 is 4.74 Å². The molecule has 2 saturated heterocycles. The van der Waals surface area contributed by atoms with Gasteiger partial charge in [0, 0.05) is 0 Å². The van der Waals surface area contributed by atoms with E-state index in [0.717, 1.165) is 0 Å². The van der Waals surface area contributed by atoms with E-state index in [9.17, 15) is 9.59 Å². The molecule has 1 aliphatic carbocycles. The van der Waals surface area contributed by atoms with Crippen molar-refractivity contribution < 1.29 is 14.3 Å². The molecule has 3 fully saturated rings. The zero-order valence-corrected chi connectivity index (χ0v) is 9.78. The number of hydrogen-bond donors (Lipinski definition) is 0. The first-order chi connectivity index (χ1) is 8.75. The smallest absolute Gasteiger partial charge is 0.237 e. The van der Waals surface area contributed by atoms with Crippen LogP contribution in [0, 0.1) is 11.8 Å². The first-order valence-electron chi connectivity index (χ1n) is 6.34. The van der Waals surface area contributed by atoms with Crippen molar-refractivity contribution in [3.8, 4) is 0 Å². The third-order valence-corrected chi connectivity index (χ3v) is 4.24. The molecule has 0 N–H and O–H groups in total. The van der Waals surface area contributed by atoms with Gasteiger partial charge in [0.15, 0.2) is 0 Å². The minimum atomic E-state index is -0.165. The number of anilines is 1. The number of hydrogen-bond acceptors (Lipinski definition) is 3. The zero-order valence-electron chi connectivity index (χ0n) is 9.78. The van der Waals surface area contributed by atoms with Crippen molar-refractivity contribution in [3.05, 3.63) is 30.3 Å². The fourth-order valence-corrected chi connectivity index (χ4v) is 3.24. The van der Waals surface area contributed by atoms with E-state index in [1.54, 1.807) is 0 Å². The van der Waals surface area contributed by atoms with Crippen LogP contribution in [0.25, 0.3) is 0 Å². The Bertz CT molecular complexity index is 499. The molecule has 1 saturated carbocycles. The van der Waals surface area contributed by atoms with Gasteiger partial charge in [-0.25, -0.2) is 0 Å². The van der Waals surface area contributed by atoms with Crippen molar-refractivity contribution in [1.29, 1.82) is 0 Å². The van der Waals surface area contributed by atoms with E-state index in [1.807, 2.05) is 30.3 Å². The van der Waals surface area contributed by atoms with Gasteiger partial charge in [0.2, 0.25) is 11.8 Å². The molecule has 0 radical (unpaired) electrons. The highest BCUT2D eigenvalue weighted by molar-refractivity contribution is 6.22. The molecule has 18 heavy (non-hydrogen) atoms. The van der Waals surface area contributed by atoms with E-state index in [1.165, 1.54) is 4.90 Å². The van der Waals surface area contributed by atoms with Gasteiger partial charge in [-0.3, -0.25) is 14.5 Å². The molecule has 3 aliphatic rings. The quantitative estimate of drug-likeness (QED) is 0.552. The second kappa shape index (κ2) is 3.42. The molecule has 0 aromatic heterocycles. The molecule has 1 aromatic rings. The summed E-state index contributed by atoms with van der Waals surface area (Å²) in [6.45, 7) is 0. The number of epoxide rings is 1. The zero-order chi connectivity index (χ0) is 12.3. The molecule has 4 nitrogen and oxygen atoms in total. The van der Waals surface area contributed by atoms with Crippen molar-refractivity contribution in [2.45, 2.75) is 25.0 Å². The number of fused-ring (bicyclic) bond motifs is 2. The monoisotopic (exact) mass is 243 g/mol. The van der Waals surface area contributed by atoms with Gasteiger partial charge in [0.25, 0.3) is 0 Å². The summed E-state index contributed by atoms with van der Waals surface area (Å²) < 4.78 is 5.43. The first kappa shape index (κ1) is 10.3. The maximum Gasteiger partial charge on any atom is 0.237 e. The molecular formula is C14H13NO3. The van der Waals surface area contributed by atoms with Gasteiger partial charge in [-0.15, -0.1) is 0 Å². The Hall–Kier alpha value is -1.68. The molecule has 1 aromatic carbocycles. The predicted molar refractivity (Wildman–Crippen MR) is 63.8 cm³/mol. The van der Waals surface area contributed by atoms with Crippen molar-refractivity contribution in [2.24, 2.45) is 11.8 Å².